The van der Waals surface area contributed by atoms with E-state index >= 15 is 0 Å². The Balaban J connectivity index is 2.29. The summed E-state index contributed by atoms with van der Waals surface area (Å²) in [6.45, 7) is 4.98. The zero-order valence-corrected chi connectivity index (χ0v) is 15.1. The standard InChI is InChI=1S/C19H20F2N2O4/c1-19(2,3)12-9-13(15(21)16(14(12)20)23-17(24)25)22-18(26)27-10-11-7-5-4-6-8-11/h4-9,23H,10H2,1-3H3,(H,22,26)(H,24,25). The summed E-state index contributed by atoms with van der Waals surface area (Å²) in [6, 6.07) is 9.98. The van der Waals surface area contributed by atoms with Crippen LogP contribution in [0.2, 0.25) is 0 Å². The second-order valence-electron chi connectivity index (χ2n) is 6.84. The lowest BCUT2D eigenvalue weighted by molar-refractivity contribution is 0.155. The Morgan fingerprint density at radius 3 is 2.26 bits per heavy atom. The summed E-state index contributed by atoms with van der Waals surface area (Å²) in [4.78, 5) is 22.9. The largest absolute Gasteiger partial charge is 0.465 e. The normalized spacial score (nSPS) is 11.0. The van der Waals surface area contributed by atoms with Gasteiger partial charge in [0.15, 0.2) is 11.6 Å². The highest BCUT2D eigenvalue weighted by atomic mass is 19.1. The van der Waals surface area contributed by atoms with E-state index in [1.54, 1.807) is 50.4 Å². The molecule has 2 aromatic rings. The van der Waals surface area contributed by atoms with Gasteiger partial charge in [-0.25, -0.2) is 18.4 Å². The lowest BCUT2D eigenvalue weighted by Gasteiger charge is -2.23. The maximum Gasteiger partial charge on any atom is 0.412 e. The second kappa shape index (κ2) is 8.03. The van der Waals surface area contributed by atoms with Crippen LogP contribution in [0.15, 0.2) is 36.4 Å². The molecular weight excluding hydrogens is 358 g/mol. The molecule has 0 spiro atoms. The lowest BCUT2D eigenvalue weighted by Crippen LogP contribution is -2.21. The molecule has 0 aliphatic heterocycles. The van der Waals surface area contributed by atoms with Crippen molar-refractivity contribution >= 4 is 23.6 Å². The number of carbonyl (C=O) groups excluding carboxylic acids is 1. The first kappa shape index (κ1) is 20.2. The van der Waals surface area contributed by atoms with E-state index in [4.69, 9.17) is 9.84 Å². The fraction of sp³-hybridized carbons (Fsp3) is 0.263. The molecule has 2 aromatic carbocycles. The summed E-state index contributed by atoms with van der Waals surface area (Å²) in [6.07, 6.45) is -2.58. The van der Waals surface area contributed by atoms with Crippen molar-refractivity contribution in [1.82, 2.24) is 0 Å². The topological polar surface area (TPSA) is 87.7 Å². The summed E-state index contributed by atoms with van der Waals surface area (Å²) in [7, 11) is 0. The minimum absolute atomic E-state index is 0.0333. The average molecular weight is 378 g/mol. The molecule has 3 N–H and O–H groups in total. The number of halogens is 2. The van der Waals surface area contributed by atoms with Gasteiger partial charge in [0.05, 0.1) is 5.69 Å². The molecule has 0 saturated heterocycles. The Bertz CT molecular complexity index is 849. The summed E-state index contributed by atoms with van der Waals surface area (Å²) < 4.78 is 34.1. The highest BCUT2D eigenvalue weighted by Gasteiger charge is 2.27. The molecule has 0 radical (unpaired) electrons. The van der Waals surface area contributed by atoms with Gasteiger partial charge in [0.25, 0.3) is 0 Å². The van der Waals surface area contributed by atoms with Gasteiger partial charge in [-0.3, -0.25) is 10.6 Å². The van der Waals surface area contributed by atoms with E-state index in [0.717, 1.165) is 11.6 Å². The summed E-state index contributed by atoms with van der Waals surface area (Å²) in [5, 5.41) is 12.7. The monoisotopic (exact) mass is 378 g/mol. The summed E-state index contributed by atoms with van der Waals surface area (Å²) in [5.74, 6) is -2.27. The van der Waals surface area contributed by atoms with Gasteiger partial charge in [0.2, 0.25) is 0 Å². The van der Waals surface area contributed by atoms with Crippen LogP contribution in [0.4, 0.5) is 29.7 Å². The van der Waals surface area contributed by atoms with E-state index in [0.29, 0.717) is 0 Å². The summed E-state index contributed by atoms with van der Waals surface area (Å²) in [5.41, 5.74) is -1.24. The Morgan fingerprint density at radius 2 is 1.70 bits per heavy atom. The van der Waals surface area contributed by atoms with Crippen molar-refractivity contribution in [3.05, 3.63) is 59.2 Å². The third-order valence-corrected chi connectivity index (χ3v) is 3.69. The third kappa shape index (κ3) is 5.16. The fourth-order valence-corrected chi connectivity index (χ4v) is 2.36. The van der Waals surface area contributed by atoms with Crippen LogP contribution in [0.25, 0.3) is 0 Å². The number of nitrogens with one attached hydrogen (secondary N) is 2. The van der Waals surface area contributed by atoms with Crippen LogP contribution < -0.4 is 10.6 Å². The highest BCUT2D eigenvalue weighted by Crippen LogP contribution is 2.35. The van der Waals surface area contributed by atoms with Crippen molar-refractivity contribution in [1.29, 1.82) is 0 Å². The van der Waals surface area contributed by atoms with Gasteiger partial charge in [0.1, 0.15) is 12.3 Å². The number of benzene rings is 2. The van der Waals surface area contributed by atoms with Crippen molar-refractivity contribution in [3.8, 4) is 0 Å². The number of carbonyl (C=O) groups is 2. The van der Waals surface area contributed by atoms with E-state index in [1.165, 1.54) is 0 Å². The number of carboxylic acid groups (broad SMARTS) is 1. The van der Waals surface area contributed by atoms with E-state index in [2.05, 4.69) is 5.32 Å². The predicted molar refractivity (Wildman–Crippen MR) is 97.0 cm³/mol. The second-order valence-corrected chi connectivity index (χ2v) is 6.84. The number of hydrogen-bond donors (Lipinski definition) is 3. The van der Waals surface area contributed by atoms with Gasteiger partial charge in [0, 0.05) is 0 Å². The van der Waals surface area contributed by atoms with E-state index in [1.807, 2.05) is 6.07 Å². The molecule has 27 heavy (non-hydrogen) atoms. The molecule has 8 heteroatoms. The van der Waals surface area contributed by atoms with Crippen LogP contribution in [0.3, 0.4) is 0 Å². The minimum Gasteiger partial charge on any atom is -0.465 e. The van der Waals surface area contributed by atoms with Gasteiger partial charge < -0.3 is 9.84 Å². The molecule has 6 nitrogen and oxygen atoms in total. The van der Waals surface area contributed by atoms with E-state index in [9.17, 15) is 18.4 Å². The average Bonchev–Trinajstić information content (AvgIpc) is 2.59. The maximum absolute atomic E-state index is 14.6. The van der Waals surface area contributed by atoms with Crippen LogP contribution in [0.5, 0.6) is 0 Å². The Kier molecular flexibility index (Phi) is 5.99. The minimum atomic E-state index is -1.63. The molecule has 0 aromatic heterocycles. The molecule has 144 valence electrons. The number of hydrogen-bond acceptors (Lipinski definition) is 3. The number of anilines is 2. The first-order valence-electron chi connectivity index (χ1n) is 8.09. The van der Waals surface area contributed by atoms with Crippen molar-refractivity contribution in [2.45, 2.75) is 32.8 Å². The van der Waals surface area contributed by atoms with Crippen LogP contribution in [-0.4, -0.2) is 17.3 Å². The Labute approximate surface area is 155 Å². The quantitative estimate of drug-likeness (QED) is 0.691. The molecule has 0 aliphatic rings. The van der Waals surface area contributed by atoms with E-state index < -0.39 is 34.9 Å². The molecule has 0 unspecified atom stereocenters. The van der Waals surface area contributed by atoms with Crippen LogP contribution in [-0.2, 0) is 16.8 Å². The molecule has 0 fully saturated rings. The van der Waals surface area contributed by atoms with Gasteiger partial charge in [-0.05, 0) is 22.6 Å². The molecule has 0 atom stereocenters. The number of amides is 2. The molecule has 2 rings (SSSR count). The van der Waals surface area contributed by atoms with E-state index in [-0.39, 0.29) is 17.9 Å². The fourth-order valence-electron chi connectivity index (χ4n) is 2.36. The molecule has 0 heterocycles. The molecule has 2 amide bonds. The zero-order valence-electron chi connectivity index (χ0n) is 15.1. The van der Waals surface area contributed by atoms with Crippen molar-refractivity contribution in [3.63, 3.8) is 0 Å². The van der Waals surface area contributed by atoms with Gasteiger partial charge in [-0.1, -0.05) is 51.1 Å². The summed E-state index contributed by atoms with van der Waals surface area (Å²) >= 11 is 0. The van der Waals surface area contributed by atoms with Crippen molar-refractivity contribution in [2.75, 3.05) is 10.6 Å². The Hall–Kier alpha value is -3.16. The van der Waals surface area contributed by atoms with Crippen molar-refractivity contribution < 1.29 is 28.2 Å². The van der Waals surface area contributed by atoms with Gasteiger partial charge in [-0.2, -0.15) is 0 Å². The predicted octanol–water partition coefficient (Wildman–Crippen LogP) is 5.10. The first-order valence-corrected chi connectivity index (χ1v) is 8.09. The highest BCUT2D eigenvalue weighted by molar-refractivity contribution is 5.89. The van der Waals surface area contributed by atoms with Gasteiger partial charge >= 0.3 is 12.2 Å². The van der Waals surface area contributed by atoms with Crippen LogP contribution in [0, 0.1) is 11.6 Å². The first-order chi connectivity index (χ1) is 12.6. The number of rotatable bonds is 4. The SMILES string of the molecule is CC(C)(C)c1cc(NC(=O)OCc2ccccc2)c(F)c(NC(=O)O)c1F. The number of ether oxygens (including phenoxy) is 1. The molecular formula is C19H20F2N2O4. The molecule has 0 aliphatic carbocycles. The maximum atomic E-state index is 14.6. The smallest absolute Gasteiger partial charge is 0.412 e. The molecule has 0 saturated carbocycles. The van der Waals surface area contributed by atoms with Crippen LogP contribution >= 0.6 is 0 Å². The third-order valence-electron chi connectivity index (χ3n) is 3.69. The molecule has 0 bridgehead atoms. The van der Waals surface area contributed by atoms with Crippen LogP contribution in [0.1, 0.15) is 31.9 Å². The zero-order chi connectivity index (χ0) is 20.2. The van der Waals surface area contributed by atoms with Crippen molar-refractivity contribution in [2.24, 2.45) is 0 Å². The Morgan fingerprint density at radius 1 is 1.07 bits per heavy atom. The van der Waals surface area contributed by atoms with Gasteiger partial charge in [-0.15, -0.1) is 0 Å². The lowest BCUT2D eigenvalue weighted by atomic mass is 9.85.